The van der Waals surface area contributed by atoms with Crippen molar-refractivity contribution in [3.63, 3.8) is 0 Å². The van der Waals surface area contributed by atoms with Gasteiger partial charge in [0.2, 0.25) is 5.78 Å². The van der Waals surface area contributed by atoms with Gasteiger partial charge in [-0.05, 0) is 6.92 Å². The molecule has 0 rings (SSSR count). The van der Waals surface area contributed by atoms with Crippen LogP contribution < -0.4 is 5.73 Å². The molecule has 1 amide bonds. The van der Waals surface area contributed by atoms with Gasteiger partial charge in [-0.15, -0.1) is 0 Å². The molecule has 0 bridgehead atoms. The average Bonchev–Trinajstić information content (AvgIpc) is 1.84. The van der Waals surface area contributed by atoms with Gasteiger partial charge in [0.1, 0.15) is 0 Å². The monoisotopic (exact) mass is 156 g/mol. The summed E-state index contributed by atoms with van der Waals surface area (Å²) in [4.78, 5) is 22.8. The lowest BCUT2D eigenvalue weighted by atomic mass is 10.2. The van der Waals surface area contributed by atoms with Gasteiger partial charge in [-0.1, -0.05) is 0 Å². The lowest BCUT2D eigenvalue weighted by Crippen LogP contribution is -2.24. The van der Waals surface area contributed by atoms with Crippen LogP contribution in [-0.2, 0) is 9.59 Å². The zero-order valence-electron chi connectivity index (χ0n) is 6.92. The number of rotatable bonds is 3. The average molecular weight is 156 g/mol. The van der Waals surface area contributed by atoms with Gasteiger partial charge < -0.3 is 10.6 Å². The summed E-state index contributed by atoms with van der Waals surface area (Å²) in [6.07, 6.45) is 1.55. The van der Waals surface area contributed by atoms with Crippen molar-refractivity contribution in [1.82, 2.24) is 4.90 Å². The van der Waals surface area contributed by atoms with E-state index < -0.39 is 11.7 Å². The molecular formula is C7H12N2O2. The Balaban J connectivity index is 4.36. The number of primary amides is 1. The number of hydrogen-bond acceptors (Lipinski definition) is 3. The number of hydrogen-bond donors (Lipinski definition) is 1. The molecule has 0 saturated heterocycles. The van der Waals surface area contributed by atoms with Gasteiger partial charge in [0.05, 0.1) is 0 Å². The minimum Gasteiger partial charge on any atom is -0.383 e. The summed E-state index contributed by atoms with van der Waals surface area (Å²) >= 11 is 0. The third-order valence-corrected chi connectivity index (χ3v) is 1.03. The predicted octanol–water partition coefficient (Wildman–Crippen LogP) is -0.494. The van der Waals surface area contributed by atoms with Gasteiger partial charge in [0.15, 0.2) is 0 Å². The fourth-order valence-corrected chi connectivity index (χ4v) is 0.640. The highest BCUT2D eigenvalue weighted by atomic mass is 16.2. The predicted molar refractivity (Wildman–Crippen MR) is 41.6 cm³/mol. The molecule has 0 radical (unpaired) electrons. The Bertz CT molecular complexity index is 206. The van der Waals surface area contributed by atoms with Crippen LogP contribution in [0, 0.1) is 0 Å². The first-order chi connectivity index (χ1) is 4.95. The Kier molecular flexibility index (Phi) is 3.30. The zero-order valence-corrected chi connectivity index (χ0v) is 6.92. The third-order valence-electron chi connectivity index (χ3n) is 1.03. The van der Waals surface area contributed by atoms with E-state index in [1.165, 1.54) is 0 Å². The van der Waals surface area contributed by atoms with Crippen LogP contribution in [0.15, 0.2) is 11.8 Å². The van der Waals surface area contributed by atoms with E-state index in [-0.39, 0.29) is 0 Å². The van der Waals surface area contributed by atoms with E-state index in [9.17, 15) is 9.59 Å². The van der Waals surface area contributed by atoms with Crippen molar-refractivity contribution in [2.24, 2.45) is 5.73 Å². The van der Waals surface area contributed by atoms with Crippen molar-refractivity contribution in [3.8, 4) is 0 Å². The Morgan fingerprint density at radius 2 is 1.82 bits per heavy atom. The first kappa shape index (κ1) is 9.68. The second kappa shape index (κ2) is 3.75. The molecule has 62 valence electrons. The third kappa shape index (κ3) is 3.40. The van der Waals surface area contributed by atoms with E-state index in [0.717, 1.165) is 0 Å². The van der Waals surface area contributed by atoms with Crippen LogP contribution in [0.4, 0.5) is 0 Å². The first-order valence-electron chi connectivity index (χ1n) is 3.14. The number of carbonyl (C=O) groups is 2. The molecule has 4 nitrogen and oxygen atoms in total. The normalized spacial score (nSPS) is 11.0. The van der Waals surface area contributed by atoms with Crippen LogP contribution >= 0.6 is 0 Å². The number of ketones is 1. The first-order valence-corrected chi connectivity index (χ1v) is 3.14. The molecule has 4 heteroatoms. The van der Waals surface area contributed by atoms with Crippen molar-refractivity contribution in [2.45, 2.75) is 6.92 Å². The smallest absolute Gasteiger partial charge is 0.289 e. The van der Waals surface area contributed by atoms with Gasteiger partial charge in [-0.3, -0.25) is 9.59 Å². The zero-order chi connectivity index (χ0) is 9.02. The van der Waals surface area contributed by atoms with E-state index in [1.807, 2.05) is 0 Å². The maximum atomic E-state index is 10.8. The van der Waals surface area contributed by atoms with Crippen molar-refractivity contribution in [3.05, 3.63) is 11.8 Å². The van der Waals surface area contributed by atoms with E-state index >= 15 is 0 Å². The molecule has 0 aromatic rings. The summed E-state index contributed by atoms with van der Waals surface area (Å²) < 4.78 is 0. The second-order valence-electron chi connectivity index (χ2n) is 2.47. The maximum absolute atomic E-state index is 10.8. The summed E-state index contributed by atoms with van der Waals surface area (Å²) in [7, 11) is 3.52. The van der Waals surface area contributed by atoms with Crippen LogP contribution in [0.25, 0.3) is 0 Å². The molecule has 0 saturated carbocycles. The number of Topliss-reactive ketones (excluding diaryl/α,β-unsaturated/α-hetero) is 1. The van der Waals surface area contributed by atoms with Gasteiger partial charge >= 0.3 is 0 Å². The molecule has 0 spiro atoms. The van der Waals surface area contributed by atoms with Crippen molar-refractivity contribution in [1.29, 1.82) is 0 Å². The summed E-state index contributed by atoms with van der Waals surface area (Å²) in [5, 5.41) is 0. The molecule has 0 aromatic heterocycles. The standard InChI is InChI=1S/C7H12N2O2/c1-5(4-9(2)3)6(10)7(8)11/h4H,1-3H3,(H2,8,11). The number of amides is 1. The molecule has 0 aromatic carbocycles. The maximum Gasteiger partial charge on any atom is 0.289 e. The SMILES string of the molecule is CC(=CN(C)C)C(=O)C(N)=O. The van der Waals surface area contributed by atoms with Crippen molar-refractivity contribution < 1.29 is 9.59 Å². The number of nitrogens with two attached hydrogens (primary N) is 1. The molecule has 0 unspecified atom stereocenters. The summed E-state index contributed by atoms with van der Waals surface area (Å²) in [5.41, 5.74) is 5.11. The topological polar surface area (TPSA) is 63.4 Å². The van der Waals surface area contributed by atoms with Crippen LogP contribution in [0.2, 0.25) is 0 Å². The lowest BCUT2D eigenvalue weighted by Gasteiger charge is -2.05. The fraction of sp³-hybridized carbons (Fsp3) is 0.429. The quantitative estimate of drug-likeness (QED) is 0.443. The molecule has 0 aliphatic rings. The highest BCUT2D eigenvalue weighted by molar-refractivity contribution is 6.41. The fourth-order valence-electron chi connectivity index (χ4n) is 0.640. The summed E-state index contributed by atoms with van der Waals surface area (Å²) in [6, 6.07) is 0. The van der Waals surface area contributed by atoms with Crippen LogP contribution in [0.1, 0.15) is 6.92 Å². The highest BCUT2D eigenvalue weighted by Gasteiger charge is 2.10. The molecule has 11 heavy (non-hydrogen) atoms. The minimum absolute atomic E-state index is 0.350. The van der Waals surface area contributed by atoms with Crippen molar-refractivity contribution in [2.75, 3.05) is 14.1 Å². The Hall–Kier alpha value is -1.32. The van der Waals surface area contributed by atoms with Crippen molar-refractivity contribution >= 4 is 11.7 Å². The van der Waals surface area contributed by atoms with Crippen LogP contribution in [-0.4, -0.2) is 30.7 Å². The molecule has 0 aliphatic carbocycles. The largest absolute Gasteiger partial charge is 0.383 e. The number of nitrogens with zero attached hydrogens (tertiary/aromatic N) is 1. The Morgan fingerprint density at radius 1 is 1.36 bits per heavy atom. The Labute approximate surface area is 65.7 Å². The molecule has 0 atom stereocenters. The van der Waals surface area contributed by atoms with Crippen LogP contribution in [0.3, 0.4) is 0 Å². The van der Waals surface area contributed by atoms with Gasteiger partial charge in [0.25, 0.3) is 5.91 Å². The number of carbonyl (C=O) groups excluding carboxylic acids is 2. The van der Waals surface area contributed by atoms with Gasteiger partial charge in [-0.2, -0.15) is 0 Å². The van der Waals surface area contributed by atoms with E-state index in [2.05, 4.69) is 0 Å². The minimum atomic E-state index is -0.916. The highest BCUT2D eigenvalue weighted by Crippen LogP contribution is 1.94. The Morgan fingerprint density at radius 3 is 2.09 bits per heavy atom. The molecule has 0 fully saturated rings. The summed E-state index contributed by atoms with van der Waals surface area (Å²) in [5.74, 6) is -1.56. The van der Waals surface area contributed by atoms with Gasteiger partial charge in [0, 0.05) is 25.9 Å². The molecule has 0 heterocycles. The van der Waals surface area contributed by atoms with E-state index in [1.54, 1.807) is 32.1 Å². The summed E-state index contributed by atoms with van der Waals surface area (Å²) in [6.45, 7) is 1.55. The molecule has 0 aliphatic heterocycles. The van der Waals surface area contributed by atoms with E-state index in [4.69, 9.17) is 5.73 Å². The van der Waals surface area contributed by atoms with Gasteiger partial charge in [-0.25, -0.2) is 0 Å². The molecule has 2 N–H and O–H groups in total. The lowest BCUT2D eigenvalue weighted by molar-refractivity contribution is -0.133. The van der Waals surface area contributed by atoms with E-state index in [0.29, 0.717) is 5.57 Å². The second-order valence-corrected chi connectivity index (χ2v) is 2.47. The van der Waals surface area contributed by atoms with Crippen LogP contribution in [0.5, 0.6) is 0 Å². The molecular weight excluding hydrogens is 144 g/mol.